The van der Waals surface area contributed by atoms with Crippen LogP contribution in [0.1, 0.15) is 33.1 Å². The third kappa shape index (κ3) is 3.42. The van der Waals surface area contributed by atoms with Crippen molar-refractivity contribution in [3.8, 4) is 0 Å². The smallest absolute Gasteiger partial charge is 0.236 e. The third-order valence-corrected chi connectivity index (χ3v) is 4.08. The van der Waals surface area contributed by atoms with Crippen LogP contribution in [0.2, 0.25) is 0 Å². The van der Waals surface area contributed by atoms with Crippen LogP contribution in [0.4, 0.5) is 0 Å². The van der Waals surface area contributed by atoms with Crippen molar-refractivity contribution in [1.82, 2.24) is 15.1 Å². The van der Waals surface area contributed by atoms with Gasteiger partial charge in [-0.3, -0.25) is 4.79 Å². The predicted octanol–water partition coefficient (Wildman–Crippen LogP) is 0.929. The average Bonchev–Trinajstić information content (AvgIpc) is 2.23. The molecule has 4 heteroatoms. The minimum absolute atomic E-state index is 0.211. The predicted molar refractivity (Wildman–Crippen MR) is 71.1 cm³/mol. The van der Waals surface area contributed by atoms with Gasteiger partial charge in [-0.1, -0.05) is 0 Å². The van der Waals surface area contributed by atoms with Gasteiger partial charge in [-0.2, -0.15) is 0 Å². The van der Waals surface area contributed by atoms with Gasteiger partial charge in [-0.15, -0.1) is 0 Å². The highest BCUT2D eigenvalue weighted by molar-refractivity contribution is 5.78. The maximum absolute atomic E-state index is 11.8. The number of hydrogen-bond acceptors (Lipinski definition) is 3. The van der Waals surface area contributed by atoms with Gasteiger partial charge in [-0.25, -0.2) is 0 Å². The first-order valence-corrected chi connectivity index (χ1v) is 6.71. The van der Waals surface area contributed by atoms with Crippen molar-refractivity contribution < 1.29 is 4.79 Å². The molecule has 0 spiro atoms. The Hall–Kier alpha value is -0.610. The largest absolute Gasteiger partial charge is 0.342 e. The van der Waals surface area contributed by atoms with E-state index in [4.69, 9.17) is 0 Å². The molecule has 1 rings (SSSR count). The van der Waals surface area contributed by atoms with Crippen LogP contribution >= 0.6 is 0 Å². The summed E-state index contributed by atoms with van der Waals surface area (Å²) in [7, 11) is 4.26. The van der Waals surface area contributed by atoms with E-state index >= 15 is 0 Å². The van der Waals surface area contributed by atoms with Crippen LogP contribution in [0.5, 0.6) is 0 Å². The molecule has 4 nitrogen and oxygen atoms in total. The highest BCUT2D eigenvalue weighted by Crippen LogP contribution is 2.35. The maximum Gasteiger partial charge on any atom is 0.236 e. The molecule has 0 unspecified atom stereocenters. The molecule has 1 saturated carbocycles. The summed E-state index contributed by atoms with van der Waals surface area (Å²) in [4.78, 5) is 16.0. The van der Waals surface area contributed by atoms with Crippen molar-refractivity contribution in [1.29, 1.82) is 0 Å². The van der Waals surface area contributed by atoms with Crippen molar-refractivity contribution >= 4 is 5.91 Å². The lowest BCUT2D eigenvalue weighted by atomic mass is 9.75. The molecule has 0 heterocycles. The molecular formula is C13H27N3O. The van der Waals surface area contributed by atoms with E-state index < -0.39 is 0 Å². The van der Waals surface area contributed by atoms with Crippen LogP contribution < -0.4 is 5.32 Å². The van der Waals surface area contributed by atoms with Crippen LogP contribution in [-0.2, 0) is 4.79 Å². The van der Waals surface area contributed by atoms with E-state index in [-0.39, 0.29) is 5.91 Å². The number of amides is 1. The lowest BCUT2D eigenvalue weighted by Crippen LogP contribution is -2.57. The first-order valence-electron chi connectivity index (χ1n) is 6.71. The van der Waals surface area contributed by atoms with E-state index in [9.17, 15) is 4.79 Å². The Morgan fingerprint density at radius 2 is 1.82 bits per heavy atom. The van der Waals surface area contributed by atoms with Crippen molar-refractivity contribution in [3.05, 3.63) is 0 Å². The van der Waals surface area contributed by atoms with Crippen molar-refractivity contribution in [2.45, 2.75) is 38.6 Å². The topological polar surface area (TPSA) is 35.6 Å². The molecule has 1 amide bonds. The van der Waals surface area contributed by atoms with Gasteiger partial charge in [0.1, 0.15) is 0 Å². The maximum atomic E-state index is 11.8. The van der Waals surface area contributed by atoms with Gasteiger partial charge in [0.15, 0.2) is 0 Å². The lowest BCUT2D eigenvalue weighted by Gasteiger charge is -2.47. The summed E-state index contributed by atoms with van der Waals surface area (Å²) in [6.07, 6.45) is 3.79. The molecule has 100 valence electrons. The number of carbonyl (C=O) groups excluding carboxylic acids is 1. The summed E-state index contributed by atoms with van der Waals surface area (Å²) in [6, 6.07) is 0. The SMILES string of the molecule is CCN(CC)C(=O)CNCC1(N(C)C)CCC1. The van der Waals surface area contributed by atoms with E-state index in [0.717, 1.165) is 19.6 Å². The Morgan fingerprint density at radius 1 is 1.24 bits per heavy atom. The second kappa shape index (κ2) is 6.36. The number of carbonyl (C=O) groups is 1. The van der Waals surface area contributed by atoms with E-state index in [1.165, 1.54) is 19.3 Å². The molecule has 1 fully saturated rings. The molecule has 1 aliphatic rings. The van der Waals surface area contributed by atoms with E-state index in [1.807, 2.05) is 18.7 Å². The normalized spacial score (nSPS) is 17.9. The van der Waals surface area contributed by atoms with Crippen LogP contribution in [0.25, 0.3) is 0 Å². The number of hydrogen-bond donors (Lipinski definition) is 1. The van der Waals surface area contributed by atoms with Crippen molar-refractivity contribution in [2.24, 2.45) is 0 Å². The quantitative estimate of drug-likeness (QED) is 0.720. The third-order valence-electron chi connectivity index (χ3n) is 4.08. The number of nitrogens with zero attached hydrogens (tertiary/aromatic N) is 2. The molecule has 17 heavy (non-hydrogen) atoms. The zero-order valence-electron chi connectivity index (χ0n) is 11.8. The fraction of sp³-hybridized carbons (Fsp3) is 0.923. The second-order valence-electron chi connectivity index (χ2n) is 5.14. The Balaban J connectivity index is 2.29. The molecule has 0 atom stereocenters. The Morgan fingerprint density at radius 3 is 2.18 bits per heavy atom. The first kappa shape index (κ1) is 14.5. The summed E-state index contributed by atoms with van der Waals surface area (Å²) in [5.41, 5.74) is 0.295. The standard InChI is InChI=1S/C13H27N3O/c1-5-16(6-2)12(17)10-14-11-13(15(3)4)8-7-9-13/h14H,5-11H2,1-4H3. The van der Waals surface area contributed by atoms with Crippen LogP contribution in [0, 0.1) is 0 Å². The van der Waals surface area contributed by atoms with Gasteiger partial charge in [0, 0.05) is 25.2 Å². The Labute approximate surface area is 105 Å². The molecular weight excluding hydrogens is 214 g/mol. The fourth-order valence-electron chi connectivity index (χ4n) is 2.46. The highest BCUT2D eigenvalue weighted by atomic mass is 16.2. The molecule has 1 aliphatic carbocycles. The summed E-state index contributed by atoms with van der Waals surface area (Å²) >= 11 is 0. The lowest BCUT2D eigenvalue weighted by molar-refractivity contribution is -0.130. The molecule has 0 aliphatic heterocycles. The van der Waals surface area contributed by atoms with Gasteiger partial charge < -0.3 is 15.1 Å². The van der Waals surface area contributed by atoms with Gasteiger partial charge >= 0.3 is 0 Å². The second-order valence-corrected chi connectivity index (χ2v) is 5.14. The summed E-state index contributed by atoms with van der Waals surface area (Å²) < 4.78 is 0. The van der Waals surface area contributed by atoms with Crippen LogP contribution in [-0.4, -0.2) is 61.5 Å². The minimum atomic E-state index is 0.211. The Kier molecular flexibility index (Phi) is 5.40. The highest BCUT2D eigenvalue weighted by Gasteiger charge is 2.38. The van der Waals surface area contributed by atoms with Crippen molar-refractivity contribution in [2.75, 3.05) is 40.3 Å². The molecule has 0 aromatic carbocycles. The summed E-state index contributed by atoms with van der Waals surface area (Å²) in [6.45, 7) is 7.04. The molecule has 0 aromatic heterocycles. The minimum Gasteiger partial charge on any atom is -0.342 e. The van der Waals surface area contributed by atoms with Gasteiger partial charge in [0.2, 0.25) is 5.91 Å². The van der Waals surface area contributed by atoms with E-state index in [2.05, 4.69) is 24.3 Å². The number of nitrogens with one attached hydrogen (secondary N) is 1. The van der Waals surface area contributed by atoms with Gasteiger partial charge in [0.05, 0.1) is 6.54 Å². The van der Waals surface area contributed by atoms with Gasteiger partial charge in [0.25, 0.3) is 0 Å². The summed E-state index contributed by atoms with van der Waals surface area (Å²) in [5, 5.41) is 3.33. The van der Waals surface area contributed by atoms with Crippen LogP contribution in [0.3, 0.4) is 0 Å². The summed E-state index contributed by atoms with van der Waals surface area (Å²) in [5.74, 6) is 0.211. The molecule has 0 saturated heterocycles. The molecule has 0 bridgehead atoms. The zero-order chi connectivity index (χ0) is 12.9. The fourth-order valence-corrected chi connectivity index (χ4v) is 2.46. The Bertz CT molecular complexity index is 245. The number of likely N-dealkylation sites (N-methyl/N-ethyl adjacent to an activating group) is 2. The average molecular weight is 241 g/mol. The monoisotopic (exact) mass is 241 g/mol. The number of rotatable bonds is 7. The molecule has 0 radical (unpaired) electrons. The van der Waals surface area contributed by atoms with E-state index in [1.54, 1.807) is 0 Å². The van der Waals surface area contributed by atoms with E-state index in [0.29, 0.717) is 12.1 Å². The van der Waals surface area contributed by atoms with Crippen LogP contribution in [0.15, 0.2) is 0 Å². The molecule has 1 N–H and O–H groups in total. The first-order chi connectivity index (χ1) is 8.05. The van der Waals surface area contributed by atoms with Gasteiger partial charge in [-0.05, 0) is 47.2 Å². The van der Waals surface area contributed by atoms with Crippen molar-refractivity contribution in [3.63, 3.8) is 0 Å². The molecule has 0 aromatic rings. The zero-order valence-corrected chi connectivity index (χ0v) is 11.8.